The van der Waals surface area contributed by atoms with Gasteiger partial charge in [0.05, 0.1) is 26.4 Å². The molecule has 1 aliphatic heterocycles. The predicted octanol–water partition coefficient (Wildman–Crippen LogP) is 1.20. The Hall–Kier alpha value is -1.80. The molecule has 0 spiro atoms. The molecule has 2 aromatic rings. The maximum absolute atomic E-state index is 10.3. The number of hydrogen-bond donors (Lipinski definition) is 3. The number of rotatable bonds is 8. The number of benzene rings is 2. The molecule has 4 atom stereocenters. The van der Waals surface area contributed by atoms with E-state index in [9.17, 15) is 10.2 Å². The summed E-state index contributed by atoms with van der Waals surface area (Å²) in [6.45, 7) is 0.331. The van der Waals surface area contributed by atoms with Gasteiger partial charge in [0.1, 0.15) is 18.3 Å². The molecule has 0 unspecified atom stereocenters. The maximum atomic E-state index is 10.3. The van der Waals surface area contributed by atoms with E-state index < -0.39 is 30.6 Å². The van der Waals surface area contributed by atoms with Gasteiger partial charge < -0.3 is 24.4 Å². The fraction of sp³-hybridized carbons (Fsp3) is 0.400. The summed E-state index contributed by atoms with van der Waals surface area (Å²) < 4.78 is 17.6. The quantitative estimate of drug-likeness (QED) is 0.613. The van der Waals surface area contributed by atoms with Crippen LogP contribution >= 0.6 is 0 Å². The summed E-state index contributed by atoms with van der Waals surface area (Å²) in [5.41, 5.74) is 5.92. The fourth-order valence-corrected chi connectivity index (χ4v) is 2.98. The van der Waals surface area contributed by atoms with Gasteiger partial charge in [-0.3, -0.25) is 5.73 Å². The van der Waals surface area contributed by atoms with Crippen LogP contribution < -0.4 is 5.73 Å². The third-order valence-electron chi connectivity index (χ3n) is 4.44. The Balaban J connectivity index is 1.68. The van der Waals surface area contributed by atoms with E-state index in [1.54, 1.807) is 0 Å². The molecule has 6 heteroatoms. The summed E-state index contributed by atoms with van der Waals surface area (Å²) in [7, 11) is 0. The molecular formula is C20H25NO5. The highest BCUT2D eigenvalue weighted by molar-refractivity contribution is 5.14. The van der Waals surface area contributed by atoms with Crippen LogP contribution in [0.25, 0.3) is 0 Å². The van der Waals surface area contributed by atoms with Crippen molar-refractivity contribution in [2.75, 3.05) is 13.2 Å². The molecular weight excluding hydrogens is 334 g/mol. The van der Waals surface area contributed by atoms with Crippen molar-refractivity contribution in [3.8, 4) is 0 Å². The Morgan fingerprint density at radius 3 is 2.04 bits per heavy atom. The van der Waals surface area contributed by atoms with Gasteiger partial charge in [0.15, 0.2) is 5.72 Å². The van der Waals surface area contributed by atoms with Gasteiger partial charge in [0.25, 0.3) is 0 Å². The van der Waals surface area contributed by atoms with Crippen LogP contribution in [-0.4, -0.2) is 47.5 Å². The van der Waals surface area contributed by atoms with E-state index in [1.165, 1.54) is 0 Å². The van der Waals surface area contributed by atoms with Crippen molar-refractivity contribution in [2.24, 2.45) is 5.73 Å². The Kier molecular flexibility index (Phi) is 6.37. The number of hydrogen-bond acceptors (Lipinski definition) is 6. The van der Waals surface area contributed by atoms with Crippen LogP contribution in [0, 0.1) is 0 Å². The zero-order valence-corrected chi connectivity index (χ0v) is 14.5. The lowest BCUT2D eigenvalue weighted by molar-refractivity contribution is -0.155. The monoisotopic (exact) mass is 359 g/mol. The van der Waals surface area contributed by atoms with Crippen LogP contribution in [0.5, 0.6) is 0 Å². The standard InChI is InChI=1S/C20H25NO5/c21-20(23,14-22)19-18(25-12-16-9-5-2-6-10-16)17(13-26-19)24-11-15-7-3-1-4-8-15/h1-10,17-19,22-23H,11-14,21H2/t17-,18+,19-,20-/m0/s1. The van der Waals surface area contributed by atoms with Crippen molar-refractivity contribution in [3.05, 3.63) is 71.8 Å². The summed E-state index contributed by atoms with van der Waals surface area (Å²) >= 11 is 0. The van der Waals surface area contributed by atoms with Gasteiger partial charge in [0.2, 0.25) is 0 Å². The Labute approximate surface area is 153 Å². The fourth-order valence-electron chi connectivity index (χ4n) is 2.98. The van der Waals surface area contributed by atoms with E-state index in [0.29, 0.717) is 13.2 Å². The van der Waals surface area contributed by atoms with E-state index in [4.69, 9.17) is 19.9 Å². The third-order valence-corrected chi connectivity index (χ3v) is 4.44. The second-order valence-electron chi connectivity index (χ2n) is 6.50. The highest BCUT2D eigenvalue weighted by atomic mass is 16.6. The second-order valence-corrected chi connectivity index (χ2v) is 6.50. The van der Waals surface area contributed by atoms with Gasteiger partial charge in [-0.2, -0.15) is 0 Å². The zero-order chi connectivity index (χ0) is 18.4. The summed E-state index contributed by atoms with van der Waals surface area (Å²) in [4.78, 5) is 0. The molecule has 3 rings (SSSR count). The van der Waals surface area contributed by atoms with Crippen LogP contribution in [0.2, 0.25) is 0 Å². The van der Waals surface area contributed by atoms with Crippen molar-refractivity contribution < 1.29 is 24.4 Å². The highest BCUT2D eigenvalue weighted by Crippen LogP contribution is 2.28. The lowest BCUT2D eigenvalue weighted by Gasteiger charge is -2.32. The van der Waals surface area contributed by atoms with Crippen LogP contribution in [0.1, 0.15) is 11.1 Å². The first-order valence-corrected chi connectivity index (χ1v) is 8.65. The Morgan fingerprint density at radius 2 is 1.50 bits per heavy atom. The summed E-state index contributed by atoms with van der Waals surface area (Å²) in [5, 5.41) is 19.7. The molecule has 26 heavy (non-hydrogen) atoms. The van der Waals surface area contributed by atoms with Crippen LogP contribution in [-0.2, 0) is 27.4 Å². The average Bonchev–Trinajstić information content (AvgIpc) is 3.10. The topological polar surface area (TPSA) is 94.2 Å². The Bertz CT molecular complexity index is 664. The Morgan fingerprint density at radius 1 is 0.962 bits per heavy atom. The zero-order valence-electron chi connectivity index (χ0n) is 14.5. The van der Waals surface area contributed by atoms with Gasteiger partial charge in [-0.1, -0.05) is 60.7 Å². The van der Waals surface area contributed by atoms with E-state index >= 15 is 0 Å². The molecule has 0 aliphatic carbocycles. The molecule has 0 amide bonds. The minimum Gasteiger partial charge on any atom is -0.392 e. The van der Waals surface area contributed by atoms with Gasteiger partial charge in [0, 0.05) is 0 Å². The molecule has 0 bridgehead atoms. The highest BCUT2D eigenvalue weighted by Gasteiger charge is 2.49. The number of aliphatic hydroxyl groups excluding tert-OH is 1. The molecule has 0 radical (unpaired) electrons. The van der Waals surface area contributed by atoms with Gasteiger partial charge in [-0.05, 0) is 11.1 Å². The van der Waals surface area contributed by atoms with Crippen molar-refractivity contribution in [1.82, 2.24) is 0 Å². The van der Waals surface area contributed by atoms with Gasteiger partial charge in [-0.15, -0.1) is 0 Å². The predicted molar refractivity (Wildman–Crippen MR) is 96.0 cm³/mol. The smallest absolute Gasteiger partial charge is 0.165 e. The molecule has 0 aromatic heterocycles. The van der Waals surface area contributed by atoms with Crippen molar-refractivity contribution in [3.63, 3.8) is 0 Å². The van der Waals surface area contributed by atoms with Crippen molar-refractivity contribution in [1.29, 1.82) is 0 Å². The first-order chi connectivity index (χ1) is 12.6. The van der Waals surface area contributed by atoms with Gasteiger partial charge in [-0.25, -0.2) is 0 Å². The van der Waals surface area contributed by atoms with E-state index in [1.807, 2.05) is 60.7 Å². The average molecular weight is 359 g/mol. The van der Waals surface area contributed by atoms with E-state index in [0.717, 1.165) is 11.1 Å². The second kappa shape index (κ2) is 8.73. The third kappa shape index (κ3) is 4.67. The SMILES string of the molecule is N[C@](O)(CO)[C@H]1OC[C@H](OCc2ccccc2)[C@H]1OCc1ccccc1. The first-order valence-electron chi connectivity index (χ1n) is 8.65. The molecule has 0 saturated carbocycles. The molecule has 140 valence electrons. The van der Waals surface area contributed by atoms with E-state index in [2.05, 4.69) is 0 Å². The summed E-state index contributed by atoms with van der Waals surface area (Å²) in [5.74, 6) is 0. The molecule has 1 fully saturated rings. The lowest BCUT2D eigenvalue weighted by atomic mass is 10.0. The molecule has 1 saturated heterocycles. The summed E-state index contributed by atoms with van der Waals surface area (Å²) in [6, 6.07) is 19.5. The van der Waals surface area contributed by atoms with Gasteiger partial charge >= 0.3 is 0 Å². The molecule has 4 N–H and O–H groups in total. The number of ether oxygens (including phenoxy) is 3. The number of nitrogens with two attached hydrogens (primary N) is 1. The van der Waals surface area contributed by atoms with E-state index in [-0.39, 0.29) is 6.61 Å². The molecule has 6 nitrogen and oxygen atoms in total. The van der Waals surface area contributed by atoms with Crippen molar-refractivity contribution in [2.45, 2.75) is 37.3 Å². The summed E-state index contributed by atoms with van der Waals surface area (Å²) in [6.07, 6.45) is -1.87. The minimum atomic E-state index is -1.90. The molecule has 1 heterocycles. The van der Waals surface area contributed by atoms with Crippen LogP contribution in [0.4, 0.5) is 0 Å². The molecule has 2 aromatic carbocycles. The normalized spacial score (nSPS) is 25.1. The molecule has 1 aliphatic rings. The van der Waals surface area contributed by atoms with Crippen LogP contribution in [0.3, 0.4) is 0 Å². The van der Waals surface area contributed by atoms with Crippen molar-refractivity contribution >= 4 is 0 Å². The number of aliphatic hydroxyl groups is 2. The lowest BCUT2D eigenvalue weighted by Crippen LogP contribution is -2.59. The largest absolute Gasteiger partial charge is 0.392 e. The maximum Gasteiger partial charge on any atom is 0.165 e. The minimum absolute atomic E-state index is 0.233. The first kappa shape index (κ1) is 19.0. The van der Waals surface area contributed by atoms with Crippen LogP contribution in [0.15, 0.2) is 60.7 Å².